The van der Waals surface area contributed by atoms with Gasteiger partial charge in [0.25, 0.3) is 5.91 Å². The Bertz CT molecular complexity index is 1400. The van der Waals surface area contributed by atoms with E-state index in [0.717, 1.165) is 16.7 Å². The summed E-state index contributed by atoms with van der Waals surface area (Å²) < 4.78 is 22.3. The normalized spacial score (nSPS) is 24.7. The number of cyclic esters (lactones) is 1. The number of hydrogen-bond donors (Lipinski definition) is 2. The highest BCUT2D eigenvalue weighted by atomic mass is 16.6. The molecule has 3 aromatic rings. The molecule has 12 heteroatoms. The Morgan fingerprint density at radius 2 is 2.00 bits per heavy atom. The minimum Gasteiger partial charge on any atom is -0.482 e. The van der Waals surface area contributed by atoms with Crippen LogP contribution in [0.15, 0.2) is 42.6 Å². The zero-order valence-corrected chi connectivity index (χ0v) is 21.2. The third kappa shape index (κ3) is 4.21. The Kier molecular flexibility index (Phi) is 6.12. The number of nitrogens with zero attached hydrogens (tertiary/aromatic N) is 4. The van der Waals surface area contributed by atoms with E-state index in [1.54, 1.807) is 49.6 Å². The van der Waals surface area contributed by atoms with Crippen LogP contribution in [0.5, 0.6) is 11.6 Å². The average molecular weight is 521 g/mol. The standard InChI is InChI=1S/C26H28N6O6/c1-14-25(38-26(34)32(14)15-4-6-20-17(10-15)28-22(33)13-37-20)29-18-11-31(12-21(18)35-2)19-8-9-27-16-5-7-23(36-3)30-24(16)19/h4-10,14,18,21,25,29H,11-13H2,1-3H3,(H,28,33)/t14?,18-,21-,25?/m0/s1. The number of aromatic nitrogens is 2. The molecule has 2 saturated heterocycles. The molecule has 198 valence electrons. The lowest BCUT2D eigenvalue weighted by atomic mass is 10.1. The minimum atomic E-state index is -0.570. The third-order valence-electron chi connectivity index (χ3n) is 7.18. The van der Waals surface area contributed by atoms with Crippen LogP contribution in [0.1, 0.15) is 6.92 Å². The number of anilines is 3. The zero-order valence-electron chi connectivity index (χ0n) is 21.2. The van der Waals surface area contributed by atoms with Gasteiger partial charge in [0.1, 0.15) is 11.3 Å². The first-order chi connectivity index (χ1) is 18.4. The SMILES string of the molecule is COc1ccc2nccc(N3C[C@H](NC4OC(=O)N(c5ccc6c(c5)NC(=O)CO6)C4C)[C@@H](OC)C3)c2n1. The van der Waals surface area contributed by atoms with E-state index in [1.807, 2.05) is 19.1 Å². The van der Waals surface area contributed by atoms with Crippen LogP contribution in [0.4, 0.5) is 21.9 Å². The molecule has 4 atom stereocenters. The second-order valence-corrected chi connectivity index (χ2v) is 9.44. The average Bonchev–Trinajstić information content (AvgIpc) is 3.46. The Labute approximate surface area is 218 Å². The van der Waals surface area contributed by atoms with Crippen LogP contribution in [-0.4, -0.2) is 80.3 Å². The largest absolute Gasteiger partial charge is 0.482 e. The van der Waals surface area contributed by atoms with Crippen LogP contribution in [0, 0.1) is 0 Å². The molecular formula is C26H28N6O6. The molecule has 12 nitrogen and oxygen atoms in total. The molecule has 0 saturated carbocycles. The number of rotatable bonds is 6. The number of hydrogen-bond acceptors (Lipinski definition) is 10. The Morgan fingerprint density at radius 3 is 2.82 bits per heavy atom. The predicted molar refractivity (Wildman–Crippen MR) is 139 cm³/mol. The summed E-state index contributed by atoms with van der Waals surface area (Å²) in [5, 5.41) is 6.27. The molecule has 3 aliphatic heterocycles. The van der Waals surface area contributed by atoms with Crippen molar-refractivity contribution in [3.05, 3.63) is 42.6 Å². The van der Waals surface area contributed by atoms with Crippen LogP contribution in [0.25, 0.3) is 11.0 Å². The molecule has 2 fully saturated rings. The fraction of sp³-hybridized carbons (Fsp3) is 0.385. The van der Waals surface area contributed by atoms with Crippen molar-refractivity contribution in [3.8, 4) is 11.6 Å². The van der Waals surface area contributed by atoms with Crippen LogP contribution in [-0.2, 0) is 14.3 Å². The molecule has 2 aromatic heterocycles. The number of amides is 2. The van der Waals surface area contributed by atoms with Crippen molar-refractivity contribution >= 4 is 40.1 Å². The summed E-state index contributed by atoms with van der Waals surface area (Å²) in [6, 6.07) is 10.4. The molecule has 2 unspecified atom stereocenters. The number of pyridine rings is 2. The predicted octanol–water partition coefficient (Wildman–Crippen LogP) is 2.13. The van der Waals surface area contributed by atoms with Gasteiger partial charge in [-0.05, 0) is 37.3 Å². The summed E-state index contributed by atoms with van der Waals surface area (Å²) in [6.07, 6.45) is 0.566. The van der Waals surface area contributed by atoms with Gasteiger partial charge in [0.15, 0.2) is 12.8 Å². The third-order valence-corrected chi connectivity index (χ3v) is 7.18. The smallest absolute Gasteiger partial charge is 0.416 e. The van der Waals surface area contributed by atoms with E-state index >= 15 is 0 Å². The Morgan fingerprint density at radius 1 is 1.13 bits per heavy atom. The van der Waals surface area contributed by atoms with Crippen molar-refractivity contribution in [1.82, 2.24) is 15.3 Å². The summed E-state index contributed by atoms with van der Waals surface area (Å²) in [7, 11) is 3.26. The maximum Gasteiger partial charge on any atom is 0.416 e. The first-order valence-corrected chi connectivity index (χ1v) is 12.3. The first-order valence-electron chi connectivity index (χ1n) is 12.3. The van der Waals surface area contributed by atoms with E-state index in [-0.39, 0.29) is 30.7 Å². The molecule has 2 amide bonds. The summed E-state index contributed by atoms with van der Waals surface area (Å²) in [5.74, 6) is 0.843. The van der Waals surface area contributed by atoms with Gasteiger partial charge in [0.2, 0.25) is 5.88 Å². The number of nitrogens with one attached hydrogen (secondary N) is 2. The van der Waals surface area contributed by atoms with Crippen molar-refractivity contribution < 1.29 is 28.5 Å². The van der Waals surface area contributed by atoms with Gasteiger partial charge in [-0.3, -0.25) is 20.0 Å². The summed E-state index contributed by atoms with van der Waals surface area (Å²) in [6.45, 7) is 3.12. The lowest BCUT2D eigenvalue weighted by Gasteiger charge is -2.26. The number of ether oxygens (including phenoxy) is 4. The zero-order chi connectivity index (χ0) is 26.4. The van der Waals surface area contributed by atoms with E-state index < -0.39 is 12.3 Å². The monoisotopic (exact) mass is 520 g/mol. The quantitative estimate of drug-likeness (QED) is 0.499. The van der Waals surface area contributed by atoms with E-state index in [4.69, 9.17) is 18.9 Å². The van der Waals surface area contributed by atoms with Crippen molar-refractivity contribution in [2.75, 3.05) is 49.0 Å². The maximum absolute atomic E-state index is 12.9. The van der Waals surface area contributed by atoms with Crippen LogP contribution < -0.4 is 29.9 Å². The molecule has 0 bridgehead atoms. The fourth-order valence-corrected chi connectivity index (χ4v) is 5.24. The first kappa shape index (κ1) is 24.2. The lowest BCUT2D eigenvalue weighted by molar-refractivity contribution is -0.118. The highest BCUT2D eigenvalue weighted by Crippen LogP contribution is 2.35. The molecule has 6 rings (SSSR count). The molecule has 2 N–H and O–H groups in total. The molecule has 5 heterocycles. The van der Waals surface area contributed by atoms with Gasteiger partial charge in [0.05, 0.1) is 42.2 Å². The molecule has 0 spiro atoms. The van der Waals surface area contributed by atoms with Crippen molar-refractivity contribution in [3.63, 3.8) is 0 Å². The van der Waals surface area contributed by atoms with Gasteiger partial charge in [-0.1, -0.05) is 0 Å². The van der Waals surface area contributed by atoms with E-state index in [9.17, 15) is 9.59 Å². The van der Waals surface area contributed by atoms with Crippen molar-refractivity contribution in [2.45, 2.75) is 31.3 Å². The minimum absolute atomic E-state index is 0.0293. The number of carbonyl (C=O) groups excluding carboxylic acids is 2. The number of fused-ring (bicyclic) bond motifs is 2. The lowest BCUT2D eigenvalue weighted by Crippen LogP contribution is -2.50. The number of carbonyl (C=O) groups is 2. The molecule has 0 aliphatic carbocycles. The van der Waals surface area contributed by atoms with Gasteiger partial charge in [0, 0.05) is 38.1 Å². The molecular weight excluding hydrogens is 492 g/mol. The van der Waals surface area contributed by atoms with Crippen molar-refractivity contribution in [2.24, 2.45) is 0 Å². The maximum atomic E-state index is 12.9. The topological polar surface area (TPSA) is 127 Å². The summed E-state index contributed by atoms with van der Waals surface area (Å²) in [5.41, 5.74) is 3.58. The molecule has 1 aromatic carbocycles. The van der Waals surface area contributed by atoms with Crippen molar-refractivity contribution in [1.29, 1.82) is 0 Å². The van der Waals surface area contributed by atoms with E-state index in [0.29, 0.717) is 36.1 Å². The Hall–Kier alpha value is -4.16. The van der Waals surface area contributed by atoms with Crippen LogP contribution in [0.2, 0.25) is 0 Å². The highest BCUT2D eigenvalue weighted by molar-refractivity contribution is 5.98. The van der Waals surface area contributed by atoms with Gasteiger partial charge < -0.3 is 29.2 Å². The molecule has 0 radical (unpaired) electrons. The van der Waals surface area contributed by atoms with Gasteiger partial charge >= 0.3 is 6.09 Å². The van der Waals surface area contributed by atoms with Crippen LogP contribution >= 0.6 is 0 Å². The summed E-state index contributed by atoms with van der Waals surface area (Å²) >= 11 is 0. The summed E-state index contributed by atoms with van der Waals surface area (Å²) in [4.78, 5) is 37.5. The Balaban J connectivity index is 1.20. The second kappa shape index (κ2) is 9.62. The van der Waals surface area contributed by atoms with Gasteiger partial charge in [-0.2, -0.15) is 0 Å². The number of methoxy groups -OCH3 is 2. The second-order valence-electron chi connectivity index (χ2n) is 9.44. The van der Waals surface area contributed by atoms with Gasteiger partial charge in [-0.15, -0.1) is 0 Å². The number of benzene rings is 1. The fourth-order valence-electron chi connectivity index (χ4n) is 5.24. The van der Waals surface area contributed by atoms with E-state index in [2.05, 4.69) is 25.5 Å². The molecule has 3 aliphatic rings. The molecule has 38 heavy (non-hydrogen) atoms. The van der Waals surface area contributed by atoms with Gasteiger partial charge in [-0.25, -0.2) is 9.78 Å². The van der Waals surface area contributed by atoms with E-state index in [1.165, 1.54) is 0 Å². The van der Waals surface area contributed by atoms with Crippen LogP contribution in [0.3, 0.4) is 0 Å². The highest BCUT2D eigenvalue weighted by Gasteiger charge is 2.44.